The molecular weight excluding hydrogens is 425 g/mol. The number of benzene rings is 1. The number of halogens is 2. The first-order valence-electron chi connectivity index (χ1n) is 8.53. The van der Waals surface area contributed by atoms with Gasteiger partial charge in [-0.1, -0.05) is 23.2 Å². The molecule has 0 fully saturated rings. The van der Waals surface area contributed by atoms with Gasteiger partial charge in [-0.15, -0.1) is 0 Å². The molecule has 3 rings (SSSR count). The van der Waals surface area contributed by atoms with Gasteiger partial charge in [0.2, 0.25) is 0 Å². The Hall–Kier alpha value is -2.84. The number of amides is 2. The maximum Gasteiger partial charge on any atom is 0.341 e. The van der Waals surface area contributed by atoms with Crippen LogP contribution in [0.15, 0.2) is 28.9 Å². The lowest BCUT2D eigenvalue weighted by Crippen LogP contribution is -2.43. The molecule has 10 heteroatoms. The van der Waals surface area contributed by atoms with E-state index in [1.807, 2.05) is 0 Å². The molecule has 152 valence electrons. The van der Waals surface area contributed by atoms with E-state index in [4.69, 9.17) is 37.1 Å². The van der Waals surface area contributed by atoms with Crippen molar-refractivity contribution < 1.29 is 33.1 Å². The molecule has 1 aromatic heterocycles. The molecule has 1 atom stereocenters. The summed E-state index contributed by atoms with van der Waals surface area (Å²) in [5, 5.41) is 0.237. The second-order valence-electron chi connectivity index (χ2n) is 6.05. The first-order chi connectivity index (χ1) is 13.8. The monoisotopic (exact) mass is 439 g/mol. The quantitative estimate of drug-likeness (QED) is 0.501. The van der Waals surface area contributed by atoms with Crippen LogP contribution in [0.2, 0.25) is 10.0 Å². The average Bonchev–Trinajstić information content (AvgIpc) is 3.24. The van der Waals surface area contributed by atoms with Gasteiger partial charge in [0.15, 0.2) is 5.76 Å². The zero-order valence-electron chi connectivity index (χ0n) is 15.4. The Labute approximate surface area is 175 Å². The molecule has 0 N–H and O–H groups in total. The van der Waals surface area contributed by atoms with E-state index in [2.05, 4.69) is 0 Å². The number of carbonyl (C=O) groups is 4. The number of nitrogens with zero attached hydrogens (tertiary/aromatic N) is 1. The zero-order valence-corrected chi connectivity index (χ0v) is 16.9. The van der Waals surface area contributed by atoms with Crippen LogP contribution in [0.1, 0.15) is 50.7 Å². The minimum atomic E-state index is -1.22. The van der Waals surface area contributed by atoms with Gasteiger partial charge >= 0.3 is 11.9 Å². The number of fused-ring (bicyclic) bond motifs is 1. The fourth-order valence-corrected chi connectivity index (χ4v) is 3.14. The summed E-state index contributed by atoms with van der Waals surface area (Å²) in [6.07, 6.45) is 1.26. The Morgan fingerprint density at radius 2 is 1.69 bits per heavy atom. The van der Waals surface area contributed by atoms with Gasteiger partial charge in [-0.05, 0) is 32.0 Å². The molecule has 0 unspecified atom stereocenters. The highest BCUT2D eigenvalue weighted by Gasteiger charge is 2.42. The van der Waals surface area contributed by atoms with Crippen LogP contribution in [0.5, 0.6) is 0 Å². The number of hydrogen-bond acceptors (Lipinski definition) is 7. The van der Waals surface area contributed by atoms with Gasteiger partial charge in [-0.2, -0.15) is 0 Å². The Morgan fingerprint density at radius 1 is 1.10 bits per heavy atom. The number of imide groups is 1. The smallest absolute Gasteiger partial charge is 0.341 e. The zero-order chi connectivity index (χ0) is 21.3. The predicted molar refractivity (Wildman–Crippen MR) is 101 cm³/mol. The summed E-state index contributed by atoms with van der Waals surface area (Å²) < 4.78 is 15.2. The molecule has 2 amide bonds. The lowest BCUT2D eigenvalue weighted by Gasteiger charge is -2.20. The number of carbonyl (C=O) groups excluding carboxylic acids is 4. The molecule has 0 radical (unpaired) electrons. The summed E-state index contributed by atoms with van der Waals surface area (Å²) in [7, 11) is 0. The van der Waals surface area contributed by atoms with Crippen LogP contribution in [0.25, 0.3) is 0 Å². The highest BCUT2D eigenvalue weighted by Crippen LogP contribution is 2.32. The first-order valence-corrected chi connectivity index (χ1v) is 9.28. The SMILES string of the molecule is CCOC(=O)c1ccoc1COC(=O)[C@@H](C)N1C(=O)c2cc(Cl)c(Cl)cc2C1=O. The first kappa shape index (κ1) is 20.9. The van der Waals surface area contributed by atoms with Crippen molar-refractivity contribution in [3.8, 4) is 0 Å². The van der Waals surface area contributed by atoms with E-state index in [9.17, 15) is 19.2 Å². The highest BCUT2D eigenvalue weighted by atomic mass is 35.5. The molecule has 2 heterocycles. The molecule has 2 aromatic rings. The van der Waals surface area contributed by atoms with E-state index in [1.54, 1.807) is 6.92 Å². The van der Waals surface area contributed by atoms with Crippen LogP contribution in [0.3, 0.4) is 0 Å². The van der Waals surface area contributed by atoms with Crippen molar-refractivity contribution in [2.45, 2.75) is 26.5 Å². The molecule has 0 saturated carbocycles. The van der Waals surface area contributed by atoms with Crippen LogP contribution in [0, 0.1) is 0 Å². The van der Waals surface area contributed by atoms with Gasteiger partial charge in [0.1, 0.15) is 18.2 Å². The maximum atomic E-state index is 12.6. The molecule has 29 heavy (non-hydrogen) atoms. The number of rotatable bonds is 6. The topological polar surface area (TPSA) is 103 Å². The summed E-state index contributed by atoms with van der Waals surface area (Å²) >= 11 is 11.8. The van der Waals surface area contributed by atoms with Gasteiger partial charge < -0.3 is 13.9 Å². The Bertz CT molecular complexity index is 973. The Morgan fingerprint density at radius 3 is 2.24 bits per heavy atom. The summed E-state index contributed by atoms with van der Waals surface area (Å²) in [5.74, 6) is -2.75. The van der Waals surface area contributed by atoms with Crippen molar-refractivity contribution in [3.05, 3.63) is 57.0 Å². The maximum absolute atomic E-state index is 12.6. The molecule has 0 spiro atoms. The van der Waals surface area contributed by atoms with E-state index >= 15 is 0 Å². The van der Waals surface area contributed by atoms with E-state index in [1.165, 1.54) is 31.4 Å². The van der Waals surface area contributed by atoms with Crippen LogP contribution in [0.4, 0.5) is 0 Å². The summed E-state index contributed by atoms with van der Waals surface area (Å²) in [6, 6.07) is 2.74. The van der Waals surface area contributed by atoms with Crippen molar-refractivity contribution in [3.63, 3.8) is 0 Å². The van der Waals surface area contributed by atoms with Crippen molar-refractivity contribution >= 4 is 47.0 Å². The highest BCUT2D eigenvalue weighted by molar-refractivity contribution is 6.43. The summed E-state index contributed by atoms with van der Waals surface area (Å²) in [4.78, 5) is 50.2. The second-order valence-corrected chi connectivity index (χ2v) is 6.87. The third kappa shape index (κ3) is 3.86. The summed E-state index contributed by atoms with van der Waals surface area (Å²) in [6.45, 7) is 2.81. The third-order valence-corrected chi connectivity index (χ3v) is 5.00. The molecule has 0 aliphatic carbocycles. The molecule has 1 aliphatic heterocycles. The predicted octanol–water partition coefficient (Wildman–Crippen LogP) is 3.49. The third-order valence-electron chi connectivity index (χ3n) is 4.27. The number of esters is 2. The lowest BCUT2D eigenvalue weighted by molar-refractivity contribution is -0.149. The van der Waals surface area contributed by atoms with Crippen LogP contribution in [-0.2, 0) is 20.9 Å². The Balaban J connectivity index is 1.72. The molecule has 0 bridgehead atoms. The minimum Gasteiger partial charge on any atom is -0.465 e. The van der Waals surface area contributed by atoms with Gasteiger partial charge in [-0.3, -0.25) is 14.5 Å². The molecule has 0 saturated heterocycles. The normalized spacial score (nSPS) is 14.0. The van der Waals surface area contributed by atoms with Crippen LogP contribution in [-0.4, -0.2) is 41.3 Å². The molecular formula is C19H15Cl2NO7. The fourth-order valence-electron chi connectivity index (χ4n) is 2.81. The standard InChI is InChI=1S/C19H15Cl2NO7/c1-3-27-19(26)10-4-5-28-15(10)8-29-18(25)9(2)22-16(23)11-6-13(20)14(21)7-12(11)17(22)24/h4-7,9H,3,8H2,1-2H3/t9-/m1/s1. The number of ether oxygens (including phenoxy) is 2. The van der Waals surface area contributed by atoms with Crippen molar-refractivity contribution in [2.24, 2.45) is 0 Å². The van der Waals surface area contributed by atoms with Gasteiger partial charge in [0, 0.05) is 0 Å². The van der Waals surface area contributed by atoms with Gasteiger partial charge in [0.25, 0.3) is 11.8 Å². The average molecular weight is 440 g/mol. The van der Waals surface area contributed by atoms with E-state index < -0.39 is 29.8 Å². The van der Waals surface area contributed by atoms with E-state index in [0.717, 1.165) is 4.90 Å². The Kier molecular flexibility index (Phi) is 5.95. The number of furan rings is 1. The van der Waals surface area contributed by atoms with Crippen LogP contribution >= 0.6 is 23.2 Å². The lowest BCUT2D eigenvalue weighted by atomic mass is 10.1. The molecule has 1 aliphatic rings. The largest absolute Gasteiger partial charge is 0.465 e. The van der Waals surface area contributed by atoms with E-state index in [0.29, 0.717) is 0 Å². The molecule has 1 aromatic carbocycles. The minimum absolute atomic E-state index is 0.0553. The van der Waals surface area contributed by atoms with Crippen molar-refractivity contribution in [2.75, 3.05) is 6.61 Å². The van der Waals surface area contributed by atoms with E-state index in [-0.39, 0.29) is 45.7 Å². The van der Waals surface area contributed by atoms with Crippen molar-refractivity contribution in [1.29, 1.82) is 0 Å². The number of hydrogen-bond donors (Lipinski definition) is 0. The fraction of sp³-hybridized carbons (Fsp3) is 0.263. The van der Waals surface area contributed by atoms with Crippen LogP contribution < -0.4 is 0 Å². The molecule has 8 nitrogen and oxygen atoms in total. The summed E-state index contributed by atoms with van der Waals surface area (Å²) in [5.41, 5.74) is 0.233. The van der Waals surface area contributed by atoms with Crippen molar-refractivity contribution in [1.82, 2.24) is 4.90 Å². The van der Waals surface area contributed by atoms with Gasteiger partial charge in [-0.25, -0.2) is 9.59 Å². The van der Waals surface area contributed by atoms with Gasteiger partial charge in [0.05, 0.1) is 34.0 Å². The second kappa shape index (κ2) is 8.26.